The number of rotatable bonds is 4. The van der Waals surface area contributed by atoms with Crippen molar-refractivity contribution in [3.05, 3.63) is 12.7 Å². The third-order valence-corrected chi connectivity index (χ3v) is 1.97. The van der Waals surface area contributed by atoms with Gasteiger partial charge in [0.2, 0.25) is 0 Å². The molecular formula is C11H24O. The van der Waals surface area contributed by atoms with Gasteiger partial charge in [0.05, 0.1) is 0 Å². The first-order chi connectivity index (χ1) is 4.54. The molecule has 0 aliphatic rings. The fraction of sp³-hybridized carbons (Fsp3) is 0.727. The van der Waals surface area contributed by atoms with Crippen molar-refractivity contribution < 1.29 is 4.79 Å². The van der Waals surface area contributed by atoms with Gasteiger partial charge in [0.25, 0.3) is 0 Å². The van der Waals surface area contributed by atoms with Crippen LogP contribution >= 0.6 is 0 Å². The molecule has 1 heteroatoms. The maximum Gasteiger partial charge on any atom is 0.142 e. The van der Waals surface area contributed by atoms with Crippen LogP contribution in [0.25, 0.3) is 0 Å². The second-order valence-corrected chi connectivity index (χ2v) is 3.15. The lowest BCUT2D eigenvalue weighted by atomic mass is 9.84. The van der Waals surface area contributed by atoms with Crippen molar-refractivity contribution in [2.75, 3.05) is 0 Å². The molecule has 0 aliphatic carbocycles. The summed E-state index contributed by atoms with van der Waals surface area (Å²) in [6, 6.07) is 0. The Morgan fingerprint density at radius 1 is 1.42 bits per heavy atom. The summed E-state index contributed by atoms with van der Waals surface area (Å²) in [5.41, 5.74) is -0.159. The van der Waals surface area contributed by atoms with Crippen LogP contribution in [0.2, 0.25) is 0 Å². The van der Waals surface area contributed by atoms with E-state index in [1.54, 1.807) is 6.08 Å². The van der Waals surface area contributed by atoms with E-state index in [1.165, 1.54) is 0 Å². The van der Waals surface area contributed by atoms with E-state index in [-0.39, 0.29) is 26.1 Å². The lowest BCUT2D eigenvalue weighted by molar-refractivity contribution is -0.126. The number of hydrogen-bond acceptors (Lipinski definition) is 1. The van der Waals surface area contributed by atoms with Gasteiger partial charge in [-0.2, -0.15) is 0 Å². The van der Waals surface area contributed by atoms with Gasteiger partial charge in [-0.1, -0.05) is 41.7 Å². The minimum atomic E-state index is -0.159. The standard InChI is InChI=1S/C9H16O.2CH4/c1-5-7-8(10)9(3,4)6-2;;/h5H,1,6-7H2,2-4H3;2*1H4. The second-order valence-electron chi connectivity index (χ2n) is 3.15. The average molecular weight is 172 g/mol. The molecule has 12 heavy (non-hydrogen) atoms. The van der Waals surface area contributed by atoms with Crippen molar-refractivity contribution in [1.29, 1.82) is 0 Å². The van der Waals surface area contributed by atoms with E-state index in [2.05, 4.69) is 6.58 Å². The Bertz CT molecular complexity index is 134. The Labute approximate surface area is 77.9 Å². The molecule has 0 rings (SSSR count). The first kappa shape index (κ1) is 17.5. The van der Waals surface area contributed by atoms with Crippen molar-refractivity contribution in [3.8, 4) is 0 Å². The molecule has 0 aromatic rings. The highest BCUT2D eigenvalue weighted by Crippen LogP contribution is 2.22. The lowest BCUT2D eigenvalue weighted by Gasteiger charge is -2.19. The van der Waals surface area contributed by atoms with Gasteiger partial charge < -0.3 is 0 Å². The zero-order valence-corrected chi connectivity index (χ0v) is 7.11. The van der Waals surface area contributed by atoms with Gasteiger partial charge in [-0.25, -0.2) is 0 Å². The first-order valence-corrected chi connectivity index (χ1v) is 3.68. The second kappa shape index (κ2) is 7.08. The highest BCUT2D eigenvalue weighted by atomic mass is 16.1. The van der Waals surface area contributed by atoms with Crippen molar-refractivity contribution in [2.45, 2.75) is 48.5 Å². The van der Waals surface area contributed by atoms with Gasteiger partial charge in [0.1, 0.15) is 5.78 Å². The summed E-state index contributed by atoms with van der Waals surface area (Å²) in [6.07, 6.45) is 3.07. The third kappa shape index (κ3) is 5.11. The van der Waals surface area contributed by atoms with E-state index in [4.69, 9.17) is 0 Å². The molecule has 0 aliphatic heterocycles. The molecule has 0 N–H and O–H groups in total. The van der Waals surface area contributed by atoms with Gasteiger partial charge >= 0.3 is 0 Å². The maximum atomic E-state index is 11.2. The zero-order chi connectivity index (χ0) is 8.20. The average Bonchev–Trinajstić information content (AvgIpc) is 1.89. The van der Waals surface area contributed by atoms with Crippen LogP contribution in [0.1, 0.15) is 48.5 Å². The van der Waals surface area contributed by atoms with Crippen LogP contribution in [0.15, 0.2) is 12.7 Å². The number of Topliss-reactive ketones (excluding diaryl/α,β-unsaturated/α-hetero) is 1. The van der Waals surface area contributed by atoms with E-state index in [0.717, 1.165) is 6.42 Å². The molecule has 0 unspecified atom stereocenters. The highest BCUT2D eigenvalue weighted by molar-refractivity contribution is 5.85. The molecule has 0 heterocycles. The number of hydrogen-bond donors (Lipinski definition) is 0. The summed E-state index contributed by atoms with van der Waals surface area (Å²) in [6.45, 7) is 9.50. The molecule has 0 spiro atoms. The summed E-state index contributed by atoms with van der Waals surface area (Å²) in [4.78, 5) is 11.2. The van der Waals surface area contributed by atoms with Gasteiger partial charge in [-0.15, -0.1) is 6.58 Å². The SMILES string of the molecule is C.C.C=CCC(=O)C(C)(C)CC. The molecule has 74 valence electrons. The molecule has 1 nitrogen and oxygen atoms in total. The van der Waals surface area contributed by atoms with Crippen LogP contribution in [-0.4, -0.2) is 5.78 Å². The Morgan fingerprint density at radius 3 is 2.08 bits per heavy atom. The molecule has 0 amide bonds. The summed E-state index contributed by atoms with van der Waals surface area (Å²) in [5, 5.41) is 0. The Hall–Kier alpha value is -0.590. The summed E-state index contributed by atoms with van der Waals surface area (Å²) in [7, 11) is 0. The van der Waals surface area contributed by atoms with Crippen LogP contribution < -0.4 is 0 Å². The van der Waals surface area contributed by atoms with Gasteiger partial charge in [0, 0.05) is 11.8 Å². The van der Waals surface area contributed by atoms with Crippen molar-refractivity contribution >= 4 is 5.78 Å². The fourth-order valence-electron chi connectivity index (χ4n) is 0.605. The fourth-order valence-corrected chi connectivity index (χ4v) is 0.605. The quantitative estimate of drug-likeness (QED) is 0.589. The van der Waals surface area contributed by atoms with Gasteiger partial charge in [0.15, 0.2) is 0 Å². The monoisotopic (exact) mass is 172 g/mol. The largest absolute Gasteiger partial charge is 0.299 e. The number of carbonyl (C=O) groups is 1. The molecule has 0 saturated heterocycles. The van der Waals surface area contributed by atoms with E-state index < -0.39 is 0 Å². The van der Waals surface area contributed by atoms with Crippen LogP contribution in [0, 0.1) is 5.41 Å². The smallest absolute Gasteiger partial charge is 0.142 e. The maximum absolute atomic E-state index is 11.2. The Morgan fingerprint density at radius 2 is 1.83 bits per heavy atom. The van der Waals surface area contributed by atoms with Crippen molar-refractivity contribution in [3.63, 3.8) is 0 Å². The minimum Gasteiger partial charge on any atom is -0.299 e. The van der Waals surface area contributed by atoms with Crippen molar-refractivity contribution in [2.24, 2.45) is 5.41 Å². The molecule has 0 bridgehead atoms. The van der Waals surface area contributed by atoms with Gasteiger partial charge in [-0.3, -0.25) is 4.79 Å². The summed E-state index contributed by atoms with van der Waals surface area (Å²) < 4.78 is 0. The lowest BCUT2D eigenvalue weighted by Crippen LogP contribution is -2.22. The van der Waals surface area contributed by atoms with E-state index in [1.807, 2.05) is 20.8 Å². The molecular weight excluding hydrogens is 148 g/mol. The van der Waals surface area contributed by atoms with Crippen LogP contribution in [0.3, 0.4) is 0 Å². The first-order valence-electron chi connectivity index (χ1n) is 3.68. The Kier molecular flexibility index (Phi) is 10.3. The summed E-state index contributed by atoms with van der Waals surface area (Å²) in [5.74, 6) is 0.282. The molecule has 0 aromatic carbocycles. The van der Waals surface area contributed by atoms with Crippen molar-refractivity contribution in [1.82, 2.24) is 0 Å². The van der Waals surface area contributed by atoms with E-state index >= 15 is 0 Å². The van der Waals surface area contributed by atoms with E-state index in [9.17, 15) is 4.79 Å². The minimum absolute atomic E-state index is 0. The third-order valence-electron chi connectivity index (χ3n) is 1.97. The normalized spacial score (nSPS) is 9.25. The number of ketones is 1. The molecule has 0 atom stereocenters. The highest BCUT2D eigenvalue weighted by Gasteiger charge is 2.22. The molecule has 0 saturated carbocycles. The van der Waals surface area contributed by atoms with E-state index in [0.29, 0.717) is 6.42 Å². The topological polar surface area (TPSA) is 17.1 Å². The molecule has 0 radical (unpaired) electrons. The molecule has 0 fully saturated rings. The zero-order valence-electron chi connectivity index (χ0n) is 7.11. The van der Waals surface area contributed by atoms with Crippen LogP contribution in [-0.2, 0) is 4.79 Å². The van der Waals surface area contributed by atoms with Gasteiger partial charge in [-0.05, 0) is 6.42 Å². The van der Waals surface area contributed by atoms with Crippen LogP contribution in [0.4, 0.5) is 0 Å². The summed E-state index contributed by atoms with van der Waals surface area (Å²) >= 11 is 0. The number of carbonyl (C=O) groups excluding carboxylic acids is 1. The predicted molar refractivity (Wildman–Crippen MR) is 57.4 cm³/mol. The number of allylic oxidation sites excluding steroid dienone is 1. The Balaban J connectivity index is -0.000000405. The predicted octanol–water partition coefficient (Wildman–Crippen LogP) is 3.84. The van der Waals surface area contributed by atoms with Crippen LogP contribution in [0.5, 0.6) is 0 Å². The molecule has 0 aromatic heterocycles.